The van der Waals surface area contributed by atoms with Crippen LogP contribution >= 0.6 is 0 Å². The van der Waals surface area contributed by atoms with Gasteiger partial charge in [0.2, 0.25) is 0 Å². The second-order valence-corrected chi connectivity index (χ2v) is 4.07. The van der Waals surface area contributed by atoms with Gasteiger partial charge in [-0.25, -0.2) is 4.39 Å². The molecule has 0 atom stereocenters. The zero-order valence-corrected chi connectivity index (χ0v) is 10.2. The molecular weight excluding hydrogens is 231 g/mol. The van der Waals surface area contributed by atoms with Gasteiger partial charge in [0.25, 0.3) is 5.91 Å². The molecule has 1 aromatic carbocycles. The lowest BCUT2D eigenvalue weighted by Crippen LogP contribution is -2.14. The van der Waals surface area contributed by atoms with Crippen molar-refractivity contribution < 1.29 is 9.18 Å². The third-order valence-corrected chi connectivity index (χ3v) is 2.62. The van der Waals surface area contributed by atoms with Crippen LogP contribution in [-0.2, 0) is 0 Å². The summed E-state index contributed by atoms with van der Waals surface area (Å²) in [6.07, 6.45) is 1.64. The fourth-order valence-electron chi connectivity index (χ4n) is 1.61. The second-order valence-electron chi connectivity index (χ2n) is 4.07. The summed E-state index contributed by atoms with van der Waals surface area (Å²) in [5, 5.41) is 2.65. The van der Waals surface area contributed by atoms with Crippen molar-refractivity contribution >= 4 is 11.6 Å². The smallest absolute Gasteiger partial charge is 0.258 e. The van der Waals surface area contributed by atoms with Gasteiger partial charge in [0.05, 0.1) is 16.9 Å². The van der Waals surface area contributed by atoms with E-state index < -0.39 is 11.7 Å². The molecule has 0 saturated carbocycles. The predicted molar refractivity (Wildman–Crippen MR) is 68.1 cm³/mol. The first kappa shape index (κ1) is 12.2. The number of carbonyl (C=O) groups is 1. The van der Waals surface area contributed by atoms with E-state index in [4.69, 9.17) is 0 Å². The largest absolute Gasteiger partial charge is 0.320 e. The highest BCUT2D eigenvalue weighted by molar-refractivity contribution is 6.04. The van der Waals surface area contributed by atoms with Gasteiger partial charge in [-0.3, -0.25) is 9.78 Å². The van der Waals surface area contributed by atoms with Gasteiger partial charge in [-0.05, 0) is 43.7 Å². The van der Waals surface area contributed by atoms with Crippen LogP contribution in [0.5, 0.6) is 0 Å². The van der Waals surface area contributed by atoms with E-state index in [1.165, 1.54) is 12.1 Å². The highest BCUT2D eigenvalue weighted by atomic mass is 19.1. The average Bonchev–Trinajstić information content (AvgIpc) is 2.32. The van der Waals surface area contributed by atoms with Gasteiger partial charge < -0.3 is 5.32 Å². The molecule has 3 nitrogen and oxygen atoms in total. The quantitative estimate of drug-likeness (QED) is 0.882. The van der Waals surface area contributed by atoms with Crippen LogP contribution in [0.4, 0.5) is 10.1 Å². The minimum Gasteiger partial charge on any atom is -0.320 e. The Balaban J connectivity index is 2.25. The van der Waals surface area contributed by atoms with Crippen molar-refractivity contribution in [3.8, 4) is 0 Å². The number of halogens is 1. The van der Waals surface area contributed by atoms with Crippen molar-refractivity contribution in [3.05, 3.63) is 59.2 Å². The van der Waals surface area contributed by atoms with Gasteiger partial charge in [0.1, 0.15) is 5.82 Å². The zero-order chi connectivity index (χ0) is 13.1. The van der Waals surface area contributed by atoms with E-state index in [1.807, 2.05) is 0 Å². The maximum absolute atomic E-state index is 13.6. The predicted octanol–water partition coefficient (Wildman–Crippen LogP) is 3.09. The summed E-state index contributed by atoms with van der Waals surface area (Å²) >= 11 is 0. The van der Waals surface area contributed by atoms with Gasteiger partial charge in [-0.15, -0.1) is 0 Å². The summed E-state index contributed by atoms with van der Waals surface area (Å²) in [6, 6.07) is 7.96. The Morgan fingerprint density at radius 3 is 2.72 bits per heavy atom. The maximum Gasteiger partial charge on any atom is 0.258 e. The summed E-state index contributed by atoms with van der Waals surface area (Å²) in [7, 11) is 0. The Morgan fingerprint density at radius 1 is 1.28 bits per heavy atom. The van der Waals surface area contributed by atoms with Gasteiger partial charge in [-0.1, -0.05) is 6.07 Å². The first-order valence-electron chi connectivity index (χ1n) is 5.57. The molecule has 0 aliphatic rings. The number of nitrogens with zero attached hydrogens (tertiary/aromatic N) is 1. The molecule has 1 N–H and O–H groups in total. The number of benzene rings is 1. The number of hydrogen-bond donors (Lipinski definition) is 1. The molecule has 1 aromatic heterocycles. The van der Waals surface area contributed by atoms with Crippen molar-refractivity contribution in [3.63, 3.8) is 0 Å². The van der Waals surface area contributed by atoms with Crippen molar-refractivity contribution in [2.24, 2.45) is 0 Å². The van der Waals surface area contributed by atoms with Gasteiger partial charge in [0, 0.05) is 6.20 Å². The van der Waals surface area contributed by atoms with Crippen LogP contribution in [0.2, 0.25) is 0 Å². The number of aromatic nitrogens is 1. The monoisotopic (exact) mass is 244 g/mol. The van der Waals surface area contributed by atoms with Crippen LogP contribution in [0.15, 0.2) is 36.5 Å². The summed E-state index contributed by atoms with van der Waals surface area (Å²) in [4.78, 5) is 16.0. The number of aryl methyl sites for hydroxylation is 2. The summed E-state index contributed by atoms with van der Waals surface area (Å²) in [5.41, 5.74) is 2.09. The number of hydrogen-bond acceptors (Lipinski definition) is 2. The first-order valence-corrected chi connectivity index (χ1v) is 5.57. The lowest BCUT2D eigenvalue weighted by atomic mass is 10.1. The second kappa shape index (κ2) is 4.96. The number of pyridine rings is 1. The summed E-state index contributed by atoms with van der Waals surface area (Å²) in [6.45, 7) is 3.55. The summed E-state index contributed by atoms with van der Waals surface area (Å²) < 4.78 is 13.6. The molecular formula is C14H13FN2O. The number of rotatable bonds is 2. The Labute approximate surface area is 105 Å². The lowest BCUT2D eigenvalue weighted by Gasteiger charge is -2.08. The van der Waals surface area contributed by atoms with Crippen molar-refractivity contribution in [2.75, 3.05) is 5.32 Å². The topological polar surface area (TPSA) is 42.0 Å². The van der Waals surface area contributed by atoms with Crippen LogP contribution < -0.4 is 5.32 Å². The van der Waals surface area contributed by atoms with Crippen LogP contribution in [0.25, 0.3) is 0 Å². The standard InChI is InChI=1S/C14H13FN2O/c1-9-5-6-11(12(15)8-9)14(18)17-13-4-3-7-16-10(13)2/h3-8H,1-2H3,(H,17,18). The highest BCUT2D eigenvalue weighted by Gasteiger charge is 2.12. The number of amides is 1. The molecule has 0 spiro atoms. The van der Waals surface area contributed by atoms with E-state index >= 15 is 0 Å². The average molecular weight is 244 g/mol. The van der Waals surface area contributed by atoms with Crippen molar-refractivity contribution in [1.29, 1.82) is 0 Å². The van der Waals surface area contributed by atoms with E-state index in [0.29, 0.717) is 11.4 Å². The molecule has 0 bridgehead atoms. The van der Waals surface area contributed by atoms with E-state index in [1.54, 1.807) is 38.2 Å². The number of anilines is 1. The van der Waals surface area contributed by atoms with E-state index in [0.717, 1.165) is 5.56 Å². The van der Waals surface area contributed by atoms with E-state index in [-0.39, 0.29) is 5.56 Å². The molecule has 0 aliphatic heterocycles. The minimum absolute atomic E-state index is 0.0313. The molecule has 1 amide bonds. The maximum atomic E-state index is 13.6. The van der Waals surface area contributed by atoms with Crippen molar-refractivity contribution in [2.45, 2.75) is 13.8 Å². The number of carbonyl (C=O) groups excluding carboxylic acids is 1. The van der Waals surface area contributed by atoms with Crippen molar-refractivity contribution in [1.82, 2.24) is 4.98 Å². The lowest BCUT2D eigenvalue weighted by molar-refractivity contribution is 0.102. The third kappa shape index (κ3) is 2.53. The molecule has 2 aromatic rings. The highest BCUT2D eigenvalue weighted by Crippen LogP contribution is 2.15. The van der Waals surface area contributed by atoms with E-state index in [2.05, 4.69) is 10.3 Å². The molecule has 0 radical (unpaired) electrons. The molecule has 18 heavy (non-hydrogen) atoms. The first-order chi connectivity index (χ1) is 8.58. The third-order valence-electron chi connectivity index (χ3n) is 2.62. The van der Waals surface area contributed by atoms with Crippen LogP contribution in [0.1, 0.15) is 21.6 Å². The van der Waals surface area contributed by atoms with E-state index in [9.17, 15) is 9.18 Å². The van der Waals surface area contributed by atoms with Gasteiger partial charge >= 0.3 is 0 Å². The molecule has 4 heteroatoms. The molecule has 1 heterocycles. The normalized spacial score (nSPS) is 10.2. The molecule has 0 aliphatic carbocycles. The Bertz CT molecular complexity index is 596. The molecule has 0 saturated heterocycles. The Kier molecular flexibility index (Phi) is 3.37. The molecule has 92 valence electrons. The summed E-state index contributed by atoms with van der Waals surface area (Å²) in [5.74, 6) is -0.988. The fourth-order valence-corrected chi connectivity index (χ4v) is 1.61. The van der Waals surface area contributed by atoms with Gasteiger partial charge in [-0.2, -0.15) is 0 Å². The molecule has 2 rings (SSSR count). The van der Waals surface area contributed by atoms with Crippen LogP contribution in [-0.4, -0.2) is 10.9 Å². The fraction of sp³-hybridized carbons (Fsp3) is 0.143. The minimum atomic E-state index is -0.519. The van der Waals surface area contributed by atoms with Gasteiger partial charge in [0.15, 0.2) is 0 Å². The number of nitrogens with one attached hydrogen (secondary N) is 1. The van der Waals surface area contributed by atoms with Crippen LogP contribution in [0, 0.1) is 19.7 Å². The molecule has 0 fully saturated rings. The Hall–Kier alpha value is -2.23. The molecule has 0 unspecified atom stereocenters. The Morgan fingerprint density at radius 2 is 2.06 bits per heavy atom. The van der Waals surface area contributed by atoms with Crippen LogP contribution in [0.3, 0.4) is 0 Å². The SMILES string of the molecule is Cc1ccc(C(=O)Nc2cccnc2C)c(F)c1. The zero-order valence-electron chi connectivity index (χ0n) is 10.2.